The van der Waals surface area contributed by atoms with Crippen molar-refractivity contribution in [1.82, 2.24) is 4.90 Å². The number of likely N-dealkylation sites (tertiary alicyclic amines) is 1. The van der Waals surface area contributed by atoms with Crippen molar-refractivity contribution < 1.29 is 0 Å². The minimum Gasteiger partial charge on any atom is -0.323 e. The summed E-state index contributed by atoms with van der Waals surface area (Å²) in [4.78, 5) is 2.68. The van der Waals surface area contributed by atoms with Gasteiger partial charge in [0, 0.05) is 18.6 Å². The van der Waals surface area contributed by atoms with Gasteiger partial charge in [0.25, 0.3) is 0 Å². The number of hydrogen-bond acceptors (Lipinski definition) is 2. The van der Waals surface area contributed by atoms with E-state index in [2.05, 4.69) is 36.1 Å². The highest BCUT2D eigenvalue weighted by atomic mass is 15.2. The molecule has 1 fully saturated rings. The van der Waals surface area contributed by atoms with Gasteiger partial charge in [-0.2, -0.15) is 0 Å². The van der Waals surface area contributed by atoms with Crippen LogP contribution < -0.4 is 5.73 Å². The molecule has 19 heavy (non-hydrogen) atoms. The molecule has 0 radical (unpaired) electrons. The van der Waals surface area contributed by atoms with Crippen LogP contribution in [0.1, 0.15) is 49.8 Å². The zero-order valence-electron chi connectivity index (χ0n) is 12.0. The Morgan fingerprint density at radius 2 is 2.11 bits per heavy atom. The Morgan fingerprint density at radius 3 is 2.95 bits per heavy atom. The van der Waals surface area contributed by atoms with Gasteiger partial charge >= 0.3 is 0 Å². The van der Waals surface area contributed by atoms with Crippen molar-refractivity contribution in [3.05, 3.63) is 35.4 Å². The summed E-state index contributed by atoms with van der Waals surface area (Å²) in [6, 6.07) is 9.51. The summed E-state index contributed by atoms with van der Waals surface area (Å²) < 4.78 is 0. The molecular formula is C17H26N2. The average Bonchev–Trinajstić information content (AvgIpc) is 2.48. The molecule has 3 atom stereocenters. The van der Waals surface area contributed by atoms with Gasteiger partial charge in [0.15, 0.2) is 0 Å². The van der Waals surface area contributed by atoms with Crippen LogP contribution in [-0.4, -0.2) is 24.0 Å². The van der Waals surface area contributed by atoms with Crippen molar-refractivity contribution >= 4 is 0 Å². The van der Waals surface area contributed by atoms with Crippen LogP contribution in [0.4, 0.5) is 0 Å². The van der Waals surface area contributed by atoms with Gasteiger partial charge in [0.2, 0.25) is 0 Å². The first kappa shape index (κ1) is 13.1. The van der Waals surface area contributed by atoms with Crippen molar-refractivity contribution in [2.75, 3.05) is 13.1 Å². The van der Waals surface area contributed by atoms with Gasteiger partial charge in [-0.25, -0.2) is 0 Å². The molecule has 2 nitrogen and oxygen atoms in total. The molecule has 1 heterocycles. The number of aryl methyl sites for hydroxylation is 1. The fourth-order valence-corrected chi connectivity index (χ4v) is 3.92. The monoisotopic (exact) mass is 258 g/mol. The maximum Gasteiger partial charge on any atom is 0.0455 e. The summed E-state index contributed by atoms with van der Waals surface area (Å²) in [5, 5.41) is 0. The molecule has 0 saturated carbocycles. The van der Waals surface area contributed by atoms with E-state index in [-0.39, 0.29) is 6.04 Å². The second kappa shape index (κ2) is 5.64. The molecule has 1 aliphatic carbocycles. The van der Waals surface area contributed by atoms with Gasteiger partial charge in [-0.05, 0) is 49.3 Å². The van der Waals surface area contributed by atoms with E-state index in [1.807, 2.05) is 0 Å². The number of fused-ring (bicyclic) bond motifs is 1. The van der Waals surface area contributed by atoms with Gasteiger partial charge < -0.3 is 5.73 Å². The molecule has 2 heteroatoms. The lowest BCUT2D eigenvalue weighted by Crippen LogP contribution is -2.49. The smallest absolute Gasteiger partial charge is 0.0455 e. The molecular weight excluding hydrogens is 232 g/mol. The minimum absolute atomic E-state index is 0.209. The third-order valence-electron chi connectivity index (χ3n) is 5.13. The van der Waals surface area contributed by atoms with Crippen LogP contribution in [0.3, 0.4) is 0 Å². The minimum atomic E-state index is 0.209. The van der Waals surface area contributed by atoms with Crippen LogP contribution >= 0.6 is 0 Å². The highest BCUT2D eigenvalue weighted by molar-refractivity contribution is 5.33. The quantitative estimate of drug-likeness (QED) is 0.883. The second-order valence-electron chi connectivity index (χ2n) is 6.24. The standard InChI is InChI=1S/C17H26N2/c1-2-13-6-5-11-19(12-13)16-10-9-14-7-3-4-8-15(14)17(16)18/h3-4,7-8,13,16-17H,2,5-6,9-12,18H2,1H3. The van der Waals surface area contributed by atoms with Crippen molar-refractivity contribution in [2.24, 2.45) is 11.7 Å². The second-order valence-corrected chi connectivity index (χ2v) is 6.24. The predicted molar refractivity (Wildman–Crippen MR) is 80.1 cm³/mol. The first-order chi connectivity index (χ1) is 9.29. The van der Waals surface area contributed by atoms with E-state index >= 15 is 0 Å². The first-order valence-electron chi connectivity index (χ1n) is 7.87. The molecule has 2 N–H and O–H groups in total. The Labute approximate surface area is 117 Å². The average molecular weight is 258 g/mol. The van der Waals surface area contributed by atoms with E-state index in [0.29, 0.717) is 6.04 Å². The number of rotatable bonds is 2. The number of nitrogens with two attached hydrogens (primary N) is 1. The lowest BCUT2D eigenvalue weighted by atomic mass is 9.82. The van der Waals surface area contributed by atoms with Crippen molar-refractivity contribution in [1.29, 1.82) is 0 Å². The molecule has 0 amide bonds. The summed E-state index contributed by atoms with van der Waals surface area (Å²) in [7, 11) is 0. The molecule has 0 bridgehead atoms. The molecule has 1 saturated heterocycles. The summed E-state index contributed by atoms with van der Waals surface area (Å²) in [5.41, 5.74) is 9.42. The Morgan fingerprint density at radius 1 is 1.26 bits per heavy atom. The molecule has 3 unspecified atom stereocenters. The molecule has 1 aliphatic heterocycles. The highest BCUT2D eigenvalue weighted by Crippen LogP contribution is 2.33. The topological polar surface area (TPSA) is 29.3 Å². The van der Waals surface area contributed by atoms with Gasteiger partial charge in [-0.1, -0.05) is 37.6 Å². The Kier molecular flexibility index (Phi) is 3.90. The van der Waals surface area contributed by atoms with E-state index in [9.17, 15) is 0 Å². The van der Waals surface area contributed by atoms with Crippen LogP contribution in [0.25, 0.3) is 0 Å². The molecule has 104 valence electrons. The highest BCUT2D eigenvalue weighted by Gasteiger charge is 2.33. The third-order valence-corrected chi connectivity index (χ3v) is 5.13. The Balaban J connectivity index is 1.76. The molecule has 0 aromatic heterocycles. The van der Waals surface area contributed by atoms with E-state index in [1.54, 1.807) is 0 Å². The zero-order valence-corrected chi connectivity index (χ0v) is 12.0. The van der Waals surface area contributed by atoms with E-state index in [1.165, 1.54) is 56.3 Å². The normalized spacial score (nSPS) is 32.0. The lowest BCUT2D eigenvalue weighted by molar-refractivity contribution is 0.0954. The predicted octanol–water partition coefficient (Wildman–Crippen LogP) is 3.12. The lowest BCUT2D eigenvalue weighted by Gasteiger charge is -2.43. The van der Waals surface area contributed by atoms with Crippen molar-refractivity contribution in [2.45, 2.75) is 51.1 Å². The maximum atomic E-state index is 6.57. The van der Waals surface area contributed by atoms with E-state index < -0.39 is 0 Å². The summed E-state index contributed by atoms with van der Waals surface area (Å²) in [6.07, 6.45) is 6.50. The molecule has 1 aromatic rings. The Hall–Kier alpha value is -0.860. The van der Waals surface area contributed by atoms with Crippen LogP contribution in [0, 0.1) is 5.92 Å². The molecule has 1 aromatic carbocycles. The number of piperidine rings is 1. The van der Waals surface area contributed by atoms with Crippen molar-refractivity contribution in [3.8, 4) is 0 Å². The fraction of sp³-hybridized carbons (Fsp3) is 0.647. The molecule has 3 rings (SSSR count). The van der Waals surface area contributed by atoms with Gasteiger partial charge in [0.1, 0.15) is 0 Å². The number of hydrogen-bond donors (Lipinski definition) is 1. The van der Waals surface area contributed by atoms with Crippen LogP contribution in [0.15, 0.2) is 24.3 Å². The maximum absolute atomic E-state index is 6.57. The molecule has 0 spiro atoms. The zero-order chi connectivity index (χ0) is 13.2. The largest absolute Gasteiger partial charge is 0.323 e. The SMILES string of the molecule is CCC1CCCN(C2CCc3ccccc3C2N)C1. The van der Waals surface area contributed by atoms with Crippen molar-refractivity contribution in [3.63, 3.8) is 0 Å². The fourth-order valence-electron chi connectivity index (χ4n) is 3.92. The Bertz CT molecular complexity index is 429. The summed E-state index contributed by atoms with van der Waals surface area (Å²) in [5.74, 6) is 0.887. The molecule has 2 aliphatic rings. The third kappa shape index (κ3) is 2.56. The summed E-state index contributed by atoms with van der Waals surface area (Å²) >= 11 is 0. The van der Waals surface area contributed by atoms with Gasteiger partial charge in [-0.15, -0.1) is 0 Å². The van der Waals surface area contributed by atoms with Crippen LogP contribution in [-0.2, 0) is 6.42 Å². The van der Waals surface area contributed by atoms with E-state index in [0.717, 1.165) is 5.92 Å². The van der Waals surface area contributed by atoms with Gasteiger partial charge in [0.05, 0.1) is 0 Å². The van der Waals surface area contributed by atoms with Crippen LogP contribution in [0.2, 0.25) is 0 Å². The van der Waals surface area contributed by atoms with E-state index in [4.69, 9.17) is 5.73 Å². The summed E-state index contributed by atoms with van der Waals surface area (Å²) in [6.45, 7) is 4.83. The number of benzene rings is 1. The number of nitrogens with zero attached hydrogens (tertiary/aromatic N) is 1. The first-order valence-corrected chi connectivity index (χ1v) is 7.87. The van der Waals surface area contributed by atoms with Gasteiger partial charge in [-0.3, -0.25) is 4.90 Å². The van der Waals surface area contributed by atoms with Crippen LogP contribution in [0.5, 0.6) is 0 Å².